The third kappa shape index (κ3) is 1.47. The molecule has 0 aromatic heterocycles. The van der Waals surface area contributed by atoms with Crippen molar-refractivity contribution >= 4 is 22.0 Å². The second-order valence-electron chi connectivity index (χ2n) is 3.10. The number of sulfonamides is 1. The maximum Gasteiger partial charge on any atom is 0.283 e. The third-order valence-corrected chi connectivity index (χ3v) is 3.50. The summed E-state index contributed by atoms with van der Waals surface area (Å²) < 4.78 is 26.4. The molecule has 1 aliphatic heterocycles. The second kappa shape index (κ2) is 3.25. The first-order valence-corrected chi connectivity index (χ1v) is 5.66. The highest BCUT2D eigenvalue weighted by Gasteiger charge is 2.28. The molecule has 0 radical (unpaired) electrons. The molecule has 0 unspecified atom stereocenters. The summed E-state index contributed by atoms with van der Waals surface area (Å²) in [5.74, 6) is 0. The van der Waals surface area contributed by atoms with Crippen molar-refractivity contribution in [3.8, 4) is 0 Å². The van der Waals surface area contributed by atoms with E-state index >= 15 is 0 Å². The summed E-state index contributed by atoms with van der Waals surface area (Å²) in [5.41, 5.74) is 6.39. The lowest BCUT2D eigenvalue weighted by atomic mass is 10.1. The summed E-state index contributed by atoms with van der Waals surface area (Å²) >= 11 is 0. The number of nitrogens with two attached hydrogens (primary N) is 1. The van der Waals surface area contributed by atoms with Crippen LogP contribution in [0.5, 0.6) is 0 Å². The lowest BCUT2D eigenvalue weighted by molar-refractivity contribution is -0.102. The molecular formula is C9H8N2O3S. The molecule has 1 heterocycles. The van der Waals surface area contributed by atoms with Gasteiger partial charge in [-0.3, -0.25) is 4.79 Å². The first-order chi connectivity index (χ1) is 7.08. The van der Waals surface area contributed by atoms with Crippen LogP contribution in [0.4, 0.5) is 0 Å². The fraction of sp³-hybridized carbons (Fsp3) is 0.111. The molecule has 1 aromatic carbocycles. The number of benzene rings is 1. The van der Waals surface area contributed by atoms with Crippen molar-refractivity contribution in [3.63, 3.8) is 0 Å². The van der Waals surface area contributed by atoms with Crippen molar-refractivity contribution in [2.45, 2.75) is 11.4 Å². The molecule has 0 bridgehead atoms. The Morgan fingerprint density at radius 1 is 1.40 bits per heavy atom. The number of aldehydes is 1. The van der Waals surface area contributed by atoms with Gasteiger partial charge in [0.2, 0.25) is 0 Å². The second-order valence-corrected chi connectivity index (χ2v) is 4.68. The monoisotopic (exact) mass is 224 g/mol. The molecular weight excluding hydrogens is 216 g/mol. The number of rotatable bonds is 2. The summed E-state index contributed by atoms with van der Waals surface area (Å²) in [5, 5.41) is 0. The van der Waals surface area contributed by atoms with E-state index in [1.165, 1.54) is 6.07 Å². The smallest absolute Gasteiger partial charge is 0.283 e. The molecule has 1 aromatic rings. The topological polar surface area (TPSA) is 89.6 Å². The van der Waals surface area contributed by atoms with Gasteiger partial charge in [-0.05, 0) is 11.6 Å². The first kappa shape index (κ1) is 10.0. The highest BCUT2D eigenvalue weighted by Crippen LogP contribution is 2.26. The lowest BCUT2D eigenvalue weighted by Crippen LogP contribution is -2.02. The van der Waals surface area contributed by atoms with Crippen molar-refractivity contribution in [2.75, 3.05) is 0 Å². The van der Waals surface area contributed by atoms with E-state index in [2.05, 4.69) is 4.40 Å². The van der Waals surface area contributed by atoms with E-state index in [9.17, 15) is 13.2 Å². The molecule has 0 spiro atoms. The van der Waals surface area contributed by atoms with Crippen LogP contribution in [-0.2, 0) is 21.4 Å². The molecule has 15 heavy (non-hydrogen) atoms. The maximum absolute atomic E-state index is 11.5. The van der Waals surface area contributed by atoms with Crippen LogP contribution in [0, 0.1) is 0 Å². The van der Waals surface area contributed by atoms with E-state index in [1.807, 2.05) is 0 Å². The van der Waals surface area contributed by atoms with E-state index in [0.29, 0.717) is 17.4 Å². The summed E-state index contributed by atoms with van der Waals surface area (Å²) in [6.45, 7) is 0.249. The van der Waals surface area contributed by atoms with Crippen molar-refractivity contribution in [2.24, 2.45) is 10.1 Å². The minimum Gasteiger partial charge on any atom is -0.326 e. The number of hydrogen-bond acceptors (Lipinski definition) is 4. The molecule has 0 saturated heterocycles. The van der Waals surface area contributed by atoms with Crippen molar-refractivity contribution in [1.29, 1.82) is 0 Å². The Morgan fingerprint density at radius 3 is 2.73 bits per heavy atom. The Balaban J connectivity index is 2.72. The van der Waals surface area contributed by atoms with Crippen LogP contribution >= 0.6 is 0 Å². The van der Waals surface area contributed by atoms with E-state index in [1.54, 1.807) is 12.1 Å². The van der Waals surface area contributed by atoms with Crippen molar-refractivity contribution < 1.29 is 13.2 Å². The predicted molar refractivity (Wildman–Crippen MR) is 54.1 cm³/mol. The Kier molecular flexibility index (Phi) is 2.17. The van der Waals surface area contributed by atoms with Crippen LogP contribution in [0.2, 0.25) is 0 Å². The molecule has 2 rings (SSSR count). The highest BCUT2D eigenvalue weighted by molar-refractivity contribution is 7.90. The van der Waals surface area contributed by atoms with Crippen LogP contribution in [0.25, 0.3) is 0 Å². The average Bonchev–Trinajstić information content (AvgIpc) is 2.50. The van der Waals surface area contributed by atoms with Gasteiger partial charge in [0.15, 0.2) is 6.29 Å². The standard InChI is InChI=1S/C9H8N2O3S/c10-4-6-1-2-7-8(5-12)11-15(13,14)9(7)3-6/h1-3,5H,4,10H2. The number of nitrogens with zero attached hydrogens (tertiary/aromatic N) is 1. The van der Waals surface area contributed by atoms with Crippen molar-refractivity contribution in [3.05, 3.63) is 29.3 Å². The van der Waals surface area contributed by atoms with Crippen LogP contribution in [-0.4, -0.2) is 20.4 Å². The summed E-state index contributed by atoms with van der Waals surface area (Å²) in [6.07, 6.45) is 0.436. The minimum atomic E-state index is -3.70. The molecule has 78 valence electrons. The van der Waals surface area contributed by atoms with E-state index < -0.39 is 10.0 Å². The summed E-state index contributed by atoms with van der Waals surface area (Å²) in [4.78, 5) is 10.7. The van der Waals surface area contributed by atoms with Crippen LogP contribution in [0.1, 0.15) is 11.1 Å². The molecule has 0 amide bonds. The van der Waals surface area contributed by atoms with Gasteiger partial charge in [0, 0.05) is 12.1 Å². The molecule has 1 aliphatic rings. The minimum absolute atomic E-state index is 0.0476. The zero-order valence-electron chi connectivity index (χ0n) is 7.67. The van der Waals surface area contributed by atoms with Gasteiger partial charge in [0.05, 0.1) is 4.90 Å². The number of hydrogen-bond donors (Lipinski definition) is 1. The number of fused-ring (bicyclic) bond motifs is 1. The zero-order valence-corrected chi connectivity index (χ0v) is 8.49. The predicted octanol–water partition coefficient (Wildman–Crippen LogP) is -0.164. The maximum atomic E-state index is 11.5. The quantitative estimate of drug-likeness (QED) is 0.706. The van der Waals surface area contributed by atoms with E-state index in [-0.39, 0.29) is 17.2 Å². The first-order valence-electron chi connectivity index (χ1n) is 4.22. The highest BCUT2D eigenvalue weighted by atomic mass is 32.2. The van der Waals surface area contributed by atoms with Crippen LogP contribution in [0.3, 0.4) is 0 Å². The molecule has 2 N–H and O–H groups in total. The molecule has 0 fully saturated rings. The van der Waals surface area contributed by atoms with Gasteiger partial charge in [-0.1, -0.05) is 12.1 Å². The fourth-order valence-corrected chi connectivity index (χ4v) is 2.68. The Morgan fingerprint density at radius 2 is 2.13 bits per heavy atom. The average molecular weight is 224 g/mol. The van der Waals surface area contributed by atoms with Gasteiger partial charge in [0.1, 0.15) is 5.71 Å². The fourth-order valence-electron chi connectivity index (χ4n) is 1.43. The van der Waals surface area contributed by atoms with Gasteiger partial charge in [-0.25, -0.2) is 0 Å². The van der Waals surface area contributed by atoms with Crippen LogP contribution in [0.15, 0.2) is 27.5 Å². The number of carbonyl (C=O) groups excluding carboxylic acids is 1. The third-order valence-electron chi connectivity index (χ3n) is 2.17. The Bertz CT molecular complexity index is 561. The van der Waals surface area contributed by atoms with Gasteiger partial charge in [-0.15, -0.1) is 0 Å². The molecule has 6 heteroatoms. The molecule has 0 saturated carbocycles. The van der Waals surface area contributed by atoms with Gasteiger partial charge in [-0.2, -0.15) is 12.8 Å². The molecule has 0 atom stereocenters. The molecule has 5 nitrogen and oxygen atoms in total. The summed E-state index contributed by atoms with van der Waals surface area (Å²) in [6, 6.07) is 4.68. The summed E-state index contributed by atoms with van der Waals surface area (Å²) in [7, 11) is -3.70. The van der Waals surface area contributed by atoms with E-state index in [4.69, 9.17) is 5.73 Å². The normalized spacial score (nSPS) is 17.0. The van der Waals surface area contributed by atoms with Crippen LogP contribution < -0.4 is 5.73 Å². The number of carbonyl (C=O) groups is 1. The van der Waals surface area contributed by atoms with Gasteiger partial charge < -0.3 is 5.73 Å². The lowest BCUT2D eigenvalue weighted by Gasteiger charge is -2.00. The Hall–Kier alpha value is -1.53. The molecule has 0 aliphatic carbocycles. The zero-order chi connectivity index (χ0) is 11.1. The Labute approximate surface area is 86.7 Å². The largest absolute Gasteiger partial charge is 0.326 e. The van der Waals surface area contributed by atoms with Gasteiger partial charge in [0.25, 0.3) is 10.0 Å². The van der Waals surface area contributed by atoms with Gasteiger partial charge >= 0.3 is 0 Å². The van der Waals surface area contributed by atoms with Crippen molar-refractivity contribution in [1.82, 2.24) is 0 Å². The SMILES string of the molecule is NCc1ccc2c(c1)S(=O)(=O)N=C2C=O. The van der Waals surface area contributed by atoms with E-state index in [0.717, 1.165) is 0 Å².